The highest BCUT2D eigenvalue weighted by atomic mass is 16.6. The van der Waals surface area contributed by atoms with Gasteiger partial charge < -0.3 is 23.7 Å². The van der Waals surface area contributed by atoms with E-state index in [1.165, 1.54) is 31.2 Å². The molecule has 0 saturated heterocycles. The molecular weight excluding hydrogens is 648 g/mol. The first-order valence-electron chi connectivity index (χ1n) is 16.8. The number of methoxy groups -OCH3 is 1. The Morgan fingerprint density at radius 3 is 1.39 bits per heavy atom. The van der Waals surface area contributed by atoms with Crippen LogP contribution in [0.1, 0.15) is 85.9 Å². The Bertz CT molecular complexity index is 1870. The second-order valence-corrected chi connectivity index (χ2v) is 14.6. The first kappa shape index (κ1) is 36.8. The maximum absolute atomic E-state index is 13.2. The molecule has 0 atom stereocenters. The van der Waals surface area contributed by atoms with E-state index < -0.39 is 46.9 Å². The number of ether oxygens (including phenoxy) is 5. The molecule has 4 aromatic rings. The fourth-order valence-electron chi connectivity index (χ4n) is 7.09. The van der Waals surface area contributed by atoms with Crippen LogP contribution in [0.3, 0.4) is 0 Å². The van der Waals surface area contributed by atoms with Crippen LogP contribution in [-0.4, -0.2) is 43.2 Å². The molecule has 0 amide bonds. The van der Waals surface area contributed by atoms with Gasteiger partial charge in [-0.25, -0.2) is 9.59 Å². The molecule has 1 aliphatic carbocycles. The van der Waals surface area contributed by atoms with E-state index in [9.17, 15) is 19.2 Å². The lowest BCUT2D eigenvalue weighted by atomic mass is 9.51. The maximum Gasteiger partial charge on any atom is 0.338 e. The first-order valence-corrected chi connectivity index (χ1v) is 16.8. The van der Waals surface area contributed by atoms with Gasteiger partial charge in [0.25, 0.3) is 0 Å². The summed E-state index contributed by atoms with van der Waals surface area (Å²) in [6.45, 7) is 13.1. The van der Waals surface area contributed by atoms with Gasteiger partial charge in [-0.2, -0.15) is 0 Å². The Labute approximate surface area is 298 Å². The van der Waals surface area contributed by atoms with Crippen molar-refractivity contribution >= 4 is 23.9 Å². The molecule has 1 saturated carbocycles. The monoisotopic (exact) mass is 692 g/mol. The zero-order chi connectivity index (χ0) is 37.1. The predicted octanol–water partition coefficient (Wildman–Crippen LogP) is 7.91. The van der Waals surface area contributed by atoms with Crippen LogP contribution in [0.4, 0.5) is 0 Å². The molecule has 0 bridgehead atoms. The molecule has 0 radical (unpaired) electrons. The van der Waals surface area contributed by atoms with Gasteiger partial charge in [0, 0.05) is 23.2 Å². The molecule has 0 aliphatic heterocycles. The Hall–Kier alpha value is -5.44. The average molecular weight is 693 g/mol. The normalized spacial score (nSPS) is 17.3. The number of rotatable bonds is 11. The Morgan fingerprint density at radius 2 is 0.980 bits per heavy atom. The molecule has 4 aromatic carbocycles. The molecule has 1 aliphatic rings. The smallest absolute Gasteiger partial charge is 0.338 e. The molecule has 0 aromatic heterocycles. The standard InChI is InChI=1S/C42H44O9/c1-26(43)48-33-19-11-28(12-20-33)36(45)50-38-41(4,5)39(42(38,6)7)51-37(46)29-13-21-34(22-14-29)49-35(44)25-27-9-15-30(16-10-27)40(2,3)31-17-23-32(47-8)24-18-31/h9-24,38-39H,25H2,1-8H3. The van der Waals surface area contributed by atoms with Gasteiger partial charge in [0.05, 0.1) is 24.7 Å². The molecule has 0 heterocycles. The molecule has 51 heavy (non-hydrogen) atoms. The van der Waals surface area contributed by atoms with Crippen LogP contribution in [0.2, 0.25) is 0 Å². The van der Waals surface area contributed by atoms with Gasteiger partial charge in [-0.1, -0.05) is 77.9 Å². The summed E-state index contributed by atoms with van der Waals surface area (Å²) in [6.07, 6.45) is -1.00. The summed E-state index contributed by atoms with van der Waals surface area (Å²) >= 11 is 0. The Kier molecular flexibility index (Phi) is 10.4. The van der Waals surface area contributed by atoms with E-state index in [0.29, 0.717) is 22.6 Å². The van der Waals surface area contributed by atoms with Crippen molar-refractivity contribution in [2.45, 2.75) is 72.5 Å². The fraction of sp³-hybridized carbons (Fsp3) is 0.333. The lowest BCUT2D eigenvalue weighted by molar-refractivity contribution is -0.246. The van der Waals surface area contributed by atoms with Crippen LogP contribution < -0.4 is 14.2 Å². The molecule has 0 unspecified atom stereocenters. The van der Waals surface area contributed by atoms with E-state index in [2.05, 4.69) is 26.0 Å². The quantitative estimate of drug-likeness (QED) is 0.114. The summed E-state index contributed by atoms with van der Waals surface area (Å²) in [5.41, 5.74) is 2.09. The number of hydrogen-bond donors (Lipinski definition) is 0. The van der Waals surface area contributed by atoms with Crippen molar-refractivity contribution in [3.63, 3.8) is 0 Å². The zero-order valence-corrected chi connectivity index (χ0v) is 30.3. The van der Waals surface area contributed by atoms with Crippen molar-refractivity contribution in [2.75, 3.05) is 7.11 Å². The van der Waals surface area contributed by atoms with Gasteiger partial charge >= 0.3 is 23.9 Å². The van der Waals surface area contributed by atoms with E-state index >= 15 is 0 Å². The highest BCUT2D eigenvalue weighted by Crippen LogP contribution is 2.57. The minimum atomic E-state index is -0.675. The average Bonchev–Trinajstić information content (AvgIpc) is 3.09. The molecule has 5 rings (SSSR count). The van der Waals surface area contributed by atoms with Crippen molar-refractivity contribution in [1.82, 2.24) is 0 Å². The van der Waals surface area contributed by atoms with Crippen molar-refractivity contribution in [3.05, 3.63) is 125 Å². The number of hydrogen-bond acceptors (Lipinski definition) is 9. The van der Waals surface area contributed by atoms with Crippen molar-refractivity contribution in [1.29, 1.82) is 0 Å². The summed E-state index contributed by atoms with van der Waals surface area (Å²) in [5, 5.41) is 0. The molecular formula is C42H44O9. The highest BCUT2D eigenvalue weighted by Gasteiger charge is 2.66. The lowest BCUT2D eigenvalue weighted by Crippen LogP contribution is -2.69. The highest BCUT2D eigenvalue weighted by molar-refractivity contribution is 5.91. The minimum absolute atomic E-state index is 0.0875. The zero-order valence-electron chi connectivity index (χ0n) is 30.3. The summed E-state index contributed by atoms with van der Waals surface area (Å²) in [7, 11) is 1.65. The fourth-order valence-corrected chi connectivity index (χ4v) is 7.09. The third-order valence-electron chi connectivity index (χ3n) is 9.66. The maximum atomic E-state index is 13.2. The van der Waals surface area contributed by atoms with Crippen LogP contribution in [0.5, 0.6) is 17.2 Å². The topological polar surface area (TPSA) is 114 Å². The van der Waals surface area contributed by atoms with Crippen molar-refractivity contribution < 1.29 is 42.9 Å². The second kappa shape index (κ2) is 14.4. The van der Waals surface area contributed by atoms with Crippen LogP contribution in [-0.2, 0) is 30.9 Å². The number of carbonyl (C=O) groups is 4. The summed E-state index contributed by atoms with van der Waals surface area (Å²) < 4.78 is 27.7. The molecule has 9 nitrogen and oxygen atoms in total. The van der Waals surface area contributed by atoms with Crippen molar-refractivity contribution in [2.24, 2.45) is 10.8 Å². The summed E-state index contributed by atoms with van der Waals surface area (Å²) in [6, 6.07) is 28.2. The summed E-state index contributed by atoms with van der Waals surface area (Å²) in [5.74, 6) is -0.507. The Balaban J connectivity index is 1.14. The van der Waals surface area contributed by atoms with E-state index in [-0.39, 0.29) is 11.8 Å². The van der Waals surface area contributed by atoms with Crippen molar-refractivity contribution in [3.8, 4) is 17.2 Å². The van der Waals surface area contributed by atoms with Gasteiger partial charge in [0.1, 0.15) is 29.5 Å². The molecule has 9 heteroatoms. The van der Waals surface area contributed by atoms with Gasteiger partial charge in [-0.15, -0.1) is 0 Å². The number of benzene rings is 4. The molecule has 1 fully saturated rings. The minimum Gasteiger partial charge on any atom is -0.497 e. The van der Waals surface area contributed by atoms with Crippen LogP contribution >= 0.6 is 0 Å². The number of carbonyl (C=O) groups excluding carboxylic acids is 4. The molecule has 0 spiro atoms. The third kappa shape index (κ3) is 7.98. The van der Waals surface area contributed by atoms with Gasteiger partial charge in [0.15, 0.2) is 0 Å². The van der Waals surface area contributed by atoms with Crippen LogP contribution in [0.15, 0.2) is 97.1 Å². The second-order valence-electron chi connectivity index (χ2n) is 14.6. The van der Waals surface area contributed by atoms with E-state index in [0.717, 1.165) is 22.4 Å². The number of esters is 4. The Morgan fingerprint density at radius 1 is 0.588 bits per heavy atom. The SMILES string of the molecule is COc1ccc(C(C)(C)c2ccc(CC(=O)Oc3ccc(C(=O)OC4C(C)(C)C(OC(=O)c5ccc(OC(C)=O)cc5)C4(C)C)cc3)cc2)cc1. The molecule has 0 N–H and O–H groups in total. The summed E-state index contributed by atoms with van der Waals surface area (Å²) in [4.78, 5) is 50.1. The van der Waals surface area contributed by atoms with E-state index in [1.807, 2.05) is 64.1 Å². The lowest BCUT2D eigenvalue weighted by Gasteiger charge is -2.61. The largest absolute Gasteiger partial charge is 0.497 e. The van der Waals surface area contributed by atoms with E-state index in [1.54, 1.807) is 31.4 Å². The van der Waals surface area contributed by atoms with Gasteiger partial charge in [-0.3, -0.25) is 9.59 Å². The van der Waals surface area contributed by atoms with E-state index in [4.69, 9.17) is 23.7 Å². The van der Waals surface area contributed by atoms with Gasteiger partial charge in [-0.05, 0) is 77.4 Å². The van der Waals surface area contributed by atoms with Crippen LogP contribution in [0, 0.1) is 10.8 Å². The first-order chi connectivity index (χ1) is 24.0. The molecule has 266 valence electrons. The van der Waals surface area contributed by atoms with Gasteiger partial charge in [0.2, 0.25) is 0 Å². The van der Waals surface area contributed by atoms with Crippen LogP contribution in [0.25, 0.3) is 0 Å². The predicted molar refractivity (Wildman–Crippen MR) is 191 cm³/mol. The third-order valence-corrected chi connectivity index (χ3v) is 9.66.